The number of aliphatic imine (C=N–C) groups is 1. The van der Waals surface area contributed by atoms with Gasteiger partial charge in [0.05, 0.1) is 18.0 Å². The van der Waals surface area contributed by atoms with Crippen LogP contribution in [0.15, 0.2) is 29.3 Å². The fourth-order valence-corrected chi connectivity index (χ4v) is 2.09. The second kappa shape index (κ2) is 4.55. The third kappa shape index (κ3) is 2.01. The number of benzene rings is 1. The molecular formula is C12H14N2O3. The zero-order chi connectivity index (χ0) is 12.4. The van der Waals surface area contributed by atoms with Gasteiger partial charge < -0.3 is 15.1 Å². The Morgan fingerprint density at radius 2 is 2.18 bits per heavy atom. The fourth-order valence-electron chi connectivity index (χ4n) is 2.09. The first-order valence-corrected chi connectivity index (χ1v) is 5.39. The highest BCUT2D eigenvalue weighted by Gasteiger charge is 2.32. The Labute approximate surface area is 99.0 Å². The molecule has 17 heavy (non-hydrogen) atoms. The van der Waals surface area contributed by atoms with Crippen LogP contribution in [0.25, 0.3) is 0 Å². The van der Waals surface area contributed by atoms with Gasteiger partial charge in [0.15, 0.2) is 6.04 Å². The number of carboxylic acid groups (broad SMARTS) is 1. The molecule has 0 radical (unpaired) electrons. The average Bonchev–Trinajstić information content (AvgIpc) is 2.28. The molecule has 0 fully saturated rings. The second-order valence-electron chi connectivity index (χ2n) is 3.90. The number of hydrogen-bond donors (Lipinski definition) is 2. The zero-order valence-electron chi connectivity index (χ0n) is 9.50. The van der Waals surface area contributed by atoms with Gasteiger partial charge in [-0.05, 0) is 19.1 Å². The van der Waals surface area contributed by atoms with Crippen molar-refractivity contribution < 1.29 is 15.0 Å². The molecule has 0 bridgehead atoms. The van der Waals surface area contributed by atoms with Crippen molar-refractivity contribution in [3.05, 3.63) is 24.3 Å². The van der Waals surface area contributed by atoms with Crippen LogP contribution in [0.4, 0.5) is 11.4 Å². The molecule has 0 aromatic heterocycles. The number of anilines is 1. The molecule has 1 atom stereocenters. The number of aliphatic carboxylic acids is 1. The molecule has 2 rings (SSSR count). The molecule has 0 spiro atoms. The Hall–Kier alpha value is -1.88. The van der Waals surface area contributed by atoms with Crippen molar-refractivity contribution in [1.29, 1.82) is 0 Å². The number of hydrogen-bond acceptors (Lipinski definition) is 4. The summed E-state index contributed by atoms with van der Waals surface area (Å²) in [6, 6.07) is 6.54. The van der Waals surface area contributed by atoms with E-state index in [0.29, 0.717) is 5.71 Å². The van der Waals surface area contributed by atoms with Crippen LogP contribution >= 0.6 is 0 Å². The van der Waals surface area contributed by atoms with Gasteiger partial charge in [0.2, 0.25) is 0 Å². The molecule has 1 aromatic carbocycles. The number of aliphatic hydroxyl groups is 1. The van der Waals surface area contributed by atoms with Crippen molar-refractivity contribution in [1.82, 2.24) is 0 Å². The Bertz CT molecular complexity index is 471. The number of para-hydroxylation sites is 2. The summed E-state index contributed by atoms with van der Waals surface area (Å²) in [6.07, 6.45) is 0. The van der Waals surface area contributed by atoms with E-state index in [1.807, 2.05) is 24.3 Å². The van der Waals surface area contributed by atoms with Gasteiger partial charge in [-0.15, -0.1) is 0 Å². The highest BCUT2D eigenvalue weighted by atomic mass is 16.4. The number of carboxylic acids is 1. The maximum atomic E-state index is 11.3. The van der Waals surface area contributed by atoms with E-state index in [-0.39, 0.29) is 13.2 Å². The molecule has 1 unspecified atom stereocenters. The van der Waals surface area contributed by atoms with Gasteiger partial charge in [-0.1, -0.05) is 12.1 Å². The molecule has 0 saturated heterocycles. The van der Waals surface area contributed by atoms with E-state index >= 15 is 0 Å². The molecule has 5 nitrogen and oxygen atoms in total. The van der Waals surface area contributed by atoms with Gasteiger partial charge in [-0.25, -0.2) is 4.79 Å². The predicted octanol–water partition coefficient (Wildman–Crippen LogP) is 1.04. The zero-order valence-corrected chi connectivity index (χ0v) is 9.50. The Morgan fingerprint density at radius 3 is 2.82 bits per heavy atom. The number of aliphatic hydroxyl groups excluding tert-OH is 1. The molecule has 90 valence electrons. The lowest BCUT2D eigenvalue weighted by Crippen LogP contribution is -2.49. The number of nitrogens with zero attached hydrogens (tertiary/aromatic N) is 2. The van der Waals surface area contributed by atoms with Crippen LogP contribution in [0.1, 0.15) is 6.92 Å². The summed E-state index contributed by atoms with van der Waals surface area (Å²) in [7, 11) is 0. The number of β-amino-alcohol motifs (C(OH)–C–C–N with tert-alkyl or cyclic N) is 1. The van der Waals surface area contributed by atoms with Gasteiger partial charge in [0.1, 0.15) is 0 Å². The van der Waals surface area contributed by atoms with Crippen LogP contribution in [0.5, 0.6) is 0 Å². The maximum absolute atomic E-state index is 11.3. The van der Waals surface area contributed by atoms with E-state index in [2.05, 4.69) is 4.99 Å². The third-order valence-electron chi connectivity index (χ3n) is 2.77. The maximum Gasteiger partial charge on any atom is 0.332 e. The summed E-state index contributed by atoms with van der Waals surface area (Å²) in [5, 5.41) is 18.3. The van der Waals surface area contributed by atoms with Crippen molar-refractivity contribution in [3.63, 3.8) is 0 Å². The van der Waals surface area contributed by atoms with Gasteiger partial charge >= 0.3 is 5.97 Å². The molecule has 1 aliphatic rings. The van der Waals surface area contributed by atoms with Crippen LogP contribution in [0, 0.1) is 0 Å². The first-order chi connectivity index (χ1) is 8.15. The smallest absolute Gasteiger partial charge is 0.332 e. The standard InChI is InChI=1S/C12H14N2O3/c1-8-11(12(16)17)14(6-7-15)10-5-3-2-4-9(10)13-8/h2-5,11,15H,6-7H2,1H3,(H,16,17). The van der Waals surface area contributed by atoms with Gasteiger partial charge in [-0.2, -0.15) is 0 Å². The van der Waals surface area contributed by atoms with E-state index in [1.165, 1.54) is 0 Å². The van der Waals surface area contributed by atoms with Crippen molar-refractivity contribution in [2.24, 2.45) is 4.99 Å². The summed E-state index contributed by atoms with van der Waals surface area (Å²) in [4.78, 5) is 17.2. The van der Waals surface area contributed by atoms with Crippen molar-refractivity contribution in [2.45, 2.75) is 13.0 Å². The van der Waals surface area contributed by atoms with Crippen LogP contribution in [0.3, 0.4) is 0 Å². The molecule has 0 saturated carbocycles. The first-order valence-electron chi connectivity index (χ1n) is 5.39. The fraction of sp³-hybridized carbons (Fsp3) is 0.333. The Balaban J connectivity index is 2.50. The SMILES string of the molecule is CC1=Nc2ccccc2N(CCO)C1C(=O)O. The Morgan fingerprint density at radius 1 is 1.47 bits per heavy atom. The largest absolute Gasteiger partial charge is 0.479 e. The highest BCUT2D eigenvalue weighted by molar-refractivity contribution is 6.10. The topological polar surface area (TPSA) is 73.1 Å². The lowest BCUT2D eigenvalue weighted by Gasteiger charge is -2.34. The molecule has 1 aromatic rings. The number of fused-ring (bicyclic) bond motifs is 1. The quantitative estimate of drug-likeness (QED) is 0.819. The first kappa shape index (κ1) is 11.6. The summed E-state index contributed by atoms with van der Waals surface area (Å²) >= 11 is 0. The van der Waals surface area contributed by atoms with Crippen molar-refractivity contribution >= 4 is 23.1 Å². The monoisotopic (exact) mass is 234 g/mol. The molecule has 1 aliphatic heterocycles. The van der Waals surface area contributed by atoms with Crippen LogP contribution in [-0.2, 0) is 4.79 Å². The normalized spacial score (nSPS) is 18.6. The van der Waals surface area contributed by atoms with Gasteiger partial charge in [0.25, 0.3) is 0 Å². The summed E-state index contributed by atoms with van der Waals surface area (Å²) in [6.45, 7) is 1.88. The van der Waals surface area contributed by atoms with Gasteiger partial charge in [-0.3, -0.25) is 4.99 Å². The van der Waals surface area contributed by atoms with E-state index in [4.69, 9.17) is 5.11 Å². The number of carbonyl (C=O) groups is 1. The summed E-state index contributed by atoms with van der Waals surface area (Å²) < 4.78 is 0. The summed E-state index contributed by atoms with van der Waals surface area (Å²) in [5.74, 6) is -0.950. The molecule has 0 amide bonds. The van der Waals surface area contributed by atoms with Crippen LogP contribution in [0.2, 0.25) is 0 Å². The molecule has 5 heteroatoms. The summed E-state index contributed by atoms with van der Waals surface area (Å²) in [5.41, 5.74) is 2.03. The van der Waals surface area contributed by atoms with E-state index in [0.717, 1.165) is 11.4 Å². The lowest BCUT2D eigenvalue weighted by molar-refractivity contribution is -0.136. The molecule has 1 heterocycles. The van der Waals surface area contributed by atoms with E-state index in [1.54, 1.807) is 11.8 Å². The predicted molar refractivity (Wildman–Crippen MR) is 65.1 cm³/mol. The van der Waals surface area contributed by atoms with Gasteiger partial charge in [0, 0.05) is 12.3 Å². The van der Waals surface area contributed by atoms with Crippen LogP contribution in [-0.4, -0.2) is 41.1 Å². The molecular weight excluding hydrogens is 220 g/mol. The van der Waals surface area contributed by atoms with Crippen molar-refractivity contribution in [2.75, 3.05) is 18.1 Å². The third-order valence-corrected chi connectivity index (χ3v) is 2.77. The molecule has 0 aliphatic carbocycles. The number of rotatable bonds is 3. The minimum absolute atomic E-state index is 0.0919. The molecule has 2 N–H and O–H groups in total. The average molecular weight is 234 g/mol. The van der Waals surface area contributed by atoms with Crippen molar-refractivity contribution in [3.8, 4) is 0 Å². The minimum Gasteiger partial charge on any atom is -0.479 e. The minimum atomic E-state index is -0.950. The highest BCUT2D eigenvalue weighted by Crippen LogP contribution is 2.34. The van der Waals surface area contributed by atoms with E-state index < -0.39 is 12.0 Å². The Kier molecular flexibility index (Phi) is 3.10. The van der Waals surface area contributed by atoms with E-state index in [9.17, 15) is 9.90 Å². The second-order valence-corrected chi connectivity index (χ2v) is 3.90. The van der Waals surface area contributed by atoms with Crippen LogP contribution < -0.4 is 4.90 Å². The lowest BCUT2D eigenvalue weighted by atomic mass is 10.1.